The fourth-order valence-electron chi connectivity index (χ4n) is 2.52. The molecule has 130 valence electrons. The van der Waals surface area contributed by atoms with Crippen molar-refractivity contribution < 1.29 is 22.7 Å². The molecule has 8 heteroatoms. The van der Waals surface area contributed by atoms with Gasteiger partial charge in [-0.05, 0) is 36.6 Å². The number of rotatable bonds is 5. The molecule has 0 radical (unpaired) electrons. The number of alkyl halides is 3. The molecule has 1 aromatic carbocycles. The monoisotopic (exact) mass is 341 g/mol. The largest absolute Gasteiger partial charge is 0.573 e. The van der Waals surface area contributed by atoms with Crippen molar-refractivity contribution in [1.29, 1.82) is 0 Å². The van der Waals surface area contributed by atoms with Gasteiger partial charge in [-0.3, -0.25) is 0 Å². The van der Waals surface area contributed by atoms with Crippen LogP contribution in [0.3, 0.4) is 0 Å². The van der Waals surface area contributed by atoms with E-state index in [0.29, 0.717) is 6.54 Å². The van der Waals surface area contributed by atoms with Crippen LogP contribution in [0.15, 0.2) is 24.3 Å². The predicted octanol–water partition coefficient (Wildman–Crippen LogP) is 2.34. The van der Waals surface area contributed by atoms with E-state index in [0.717, 1.165) is 25.2 Å². The first-order valence-corrected chi connectivity index (χ1v) is 7.43. The fraction of sp³-hybridized carbons (Fsp3) is 0.438. The number of hydrogen-bond donors (Lipinski definition) is 2. The van der Waals surface area contributed by atoms with Gasteiger partial charge in [0.15, 0.2) is 0 Å². The number of nitrogens with one attached hydrogen (secondary N) is 2. The maximum absolute atomic E-state index is 12.1. The topological polar surface area (TPSA) is 53.6 Å². The van der Waals surface area contributed by atoms with E-state index in [1.807, 2.05) is 0 Å². The van der Waals surface area contributed by atoms with Crippen molar-refractivity contribution in [1.82, 2.24) is 10.6 Å². The molecule has 1 fully saturated rings. The highest BCUT2D eigenvalue weighted by atomic mass is 19.4. The number of ether oxygens (including phenoxy) is 1. The summed E-state index contributed by atoms with van der Waals surface area (Å²) in [6, 6.07) is 5.47. The number of anilines is 1. The Balaban J connectivity index is 1.80. The van der Waals surface area contributed by atoms with E-state index in [4.69, 9.17) is 6.42 Å². The molecule has 5 nitrogen and oxygen atoms in total. The number of hydrogen-bond acceptors (Lipinski definition) is 3. The zero-order valence-corrected chi connectivity index (χ0v) is 12.9. The first kappa shape index (κ1) is 17.8. The minimum atomic E-state index is -4.69. The Morgan fingerprint density at radius 1 is 1.33 bits per heavy atom. The highest BCUT2D eigenvalue weighted by molar-refractivity contribution is 5.74. The number of amides is 2. The van der Waals surface area contributed by atoms with Crippen LogP contribution in [0.25, 0.3) is 0 Å². The third kappa shape index (κ3) is 5.57. The molecule has 0 bridgehead atoms. The van der Waals surface area contributed by atoms with Crippen LogP contribution in [0.2, 0.25) is 0 Å². The molecule has 1 aliphatic heterocycles. The number of nitrogens with zero attached hydrogens (tertiary/aromatic N) is 1. The number of terminal acetylenes is 1. The third-order valence-electron chi connectivity index (χ3n) is 3.62. The van der Waals surface area contributed by atoms with Gasteiger partial charge in [0.25, 0.3) is 0 Å². The number of halogens is 3. The SMILES string of the molecule is C#CCNC(=O)NC[C@@H]1CCN(c2ccc(OC(F)(F)F)cc2)C1. The molecule has 0 saturated carbocycles. The van der Waals surface area contributed by atoms with Crippen LogP contribution in [0.1, 0.15) is 6.42 Å². The summed E-state index contributed by atoms with van der Waals surface area (Å²) in [5.74, 6) is 2.34. The summed E-state index contributed by atoms with van der Waals surface area (Å²) in [6.45, 7) is 2.18. The average Bonchev–Trinajstić information content (AvgIpc) is 2.99. The van der Waals surface area contributed by atoms with E-state index < -0.39 is 6.36 Å². The zero-order chi connectivity index (χ0) is 17.6. The highest BCUT2D eigenvalue weighted by Crippen LogP contribution is 2.28. The normalized spacial score (nSPS) is 17.2. The van der Waals surface area contributed by atoms with Gasteiger partial charge >= 0.3 is 12.4 Å². The highest BCUT2D eigenvalue weighted by Gasteiger charge is 2.31. The van der Waals surface area contributed by atoms with Crippen molar-refractivity contribution >= 4 is 11.7 Å². The lowest BCUT2D eigenvalue weighted by atomic mass is 10.1. The van der Waals surface area contributed by atoms with E-state index in [1.165, 1.54) is 12.1 Å². The van der Waals surface area contributed by atoms with Gasteiger partial charge < -0.3 is 20.3 Å². The standard InChI is InChI=1S/C16H18F3N3O2/c1-2-8-20-15(23)21-10-12-7-9-22(11-12)13-3-5-14(6-4-13)24-16(17,18)19/h1,3-6,12H,7-11H2,(H2,20,21,23)/t12-/m0/s1. The van der Waals surface area contributed by atoms with E-state index in [9.17, 15) is 18.0 Å². The summed E-state index contributed by atoms with van der Waals surface area (Å²) < 4.78 is 40.3. The van der Waals surface area contributed by atoms with Gasteiger partial charge in [-0.15, -0.1) is 19.6 Å². The molecule has 0 unspecified atom stereocenters. The van der Waals surface area contributed by atoms with Gasteiger partial charge in [-0.25, -0.2) is 4.79 Å². The van der Waals surface area contributed by atoms with E-state index in [2.05, 4.69) is 26.2 Å². The Kier molecular flexibility index (Phi) is 5.79. The van der Waals surface area contributed by atoms with Crippen LogP contribution < -0.4 is 20.3 Å². The first-order valence-electron chi connectivity index (χ1n) is 7.43. The van der Waals surface area contributed by atoms with E-state index >= 15 is 0 Å². The molecule has 1 saturated heterocycles. The second-order valence-corrected chi connectivity index (χ2v) is 5.41. The number of carbonyl (C=O) groups excluding carboxylic acids is 1. The van der Waals surface area contributed by atoms with Crippen molar-refractivity contribution in [2.24, 2.45) is 5.92 Å². The molecule has 0 aromatic heterocycles. The summed E-state index contributed by atoms with van der Waals surface area (Å²) in [6.07, 6.45) is 1.25. The molecule has 0 aliphatic carbocycles. The summed E-state index contributed by atoms with van der Waals surface area (Å²) >= 11 is 0. The van der Waals surface area contributed by atoms with Crippen molar-refractivity contribution in [2.75, 3.05) is 31.1 Å². The van der Waals surface area contributed by atoms with Crippen molar-refractivity contribution in [3.05, 3.63) is 24.3 Å². The molecule has 1 atom stereocenters. The Bertz CT molecular complexity index is 596. The van der Waals surface area contributed by atoms with Crippen LogP contribution in [-0.4, -0.2) is 38.6 Å². The summed E-state index contributed by atoms with van der Waals surface area (Å²) in [5, 5.41) is 5.27. The minimum absolute atomic E-state index is 0.176. The Labute approximate surface area is 138 Å². The van der Waals surface area contributed by atoms with Crippen molar-refractivity contribution in [2.45, 2.75) is 12.8 Å². The number of urea groups is 1. The Hall–Kier alpha value is -2.56. The van der Waals surface area contributed by atoms with E-state index in [-0.39, 0.29) is 24.2 Å². The van der Waals surface area contributed by atoms with Gasteiger partial charge in [0, 0.05) is 25.3 Å². The lowest BCUT2D eigenvalue weighted by Crippen LogP contribution is -2.38. The molecule has 1 heterocycles. The van der Waals surface area contributed by atoms with Gasteiger partial charge in [0.1, 0.15) is 5.75 Å². The Morgan fingerprint density at radius 2 is 2.04 bits per heavy atom. The molecule has 0 spiro atoms. The van der Waals surface area contributed by atoms with E-state index in [1.54, 1.807) is 12.1 Å². The zero-order valence-electron chi connectivity index (χ0n) is 12.9. The molecule has 2 N–H and O–H groups in total. The third-order valence-corrected chi connectivity index (χ3v) is 3.62. The van der Waals surface area contributed by atoms with Crippen molar-refractivity contribution in [3.63, 3.8) is 0 Å². The molecular weight excluding hydrogens is 323 g/mol. The van der Waals surface area contributed by atoms with Gasteiger partial charge in [0.2, 0.25) is 0 Å². The van der Waals surface area contributed by atoms with Crippen LogP contribution in [0.5, 0.6) is 5.75 Å². The van der Waals surface area contributed by atoms with Gasteiger partial charge in [0.05, 0.1) is 6.54 Å². The summed E-state index contributed by atoms with van der Waals surface area (Å²) in [4.78, 5) is 13.5. The molecule has 2 amide bonds. The lowest BCUT2D eigenvalue weighted by Gasteiger charge is -2.19. The predicted molar refractivity (Wildman–Crippen MR) is 83.7 cm³/mol. The lowest BCUT2D eigenvalue weighted by molar-refractivity contribution is -0.274. The minimum Gasteiger partial charge on any atom is -0.406 e. The molecule has 24 heavy (non-hydrogen) atoms. The van der Waals surface area contributed by atoms with Crippen LogP contribution in [0.4, 0.5) is 23.7 Å². The smallest absolute Gasteiger partial charge is 0.406 e. The van der Waals surface area contributed by atoms with Crippen LogP contribution in [-0.2, 0) is 0 Å². The van der Waals surface area contributed by atoms with Crippen molar-refractivity contribution in [3.8, 4) is 18.1 Å². The molecule has 2 rings (SSSR count). The molecule has 1 aromatic rings. The second kappa shape index (κ2) is 7.81. The second-order valence-electron chi connectivity index (χ2n) is 5.41. The van der Waals surface area contributed by atoms with Gasteiger partial charge in [-0.2, -0.15) is 0 Å². The summed E-state index contributed by atoms with van der Waals surface area (Å²) in [5.41, 5.74) is 0.823. The van der Waals surface area contributed by atoms with Crippen LogP contribution in [0, 0.1) is 18.3 Å². The fourth-order valence-corrected chi connectivity index (χ4v) is 2.52. The number of benzene rings is 1. The average molecular weight is 341 g/mol. The quantitative estimate of drug-likeness (QED) is 0.809. The van der Waals surface area contributed by atoms with Crippen LogP contribution >= 0.6 is 0 Å². The maximum Gasteiger partial charge on any atom is 0.573 e. The first-order chi connectivity index (χ1) is 11.4. The summed E-state index contributed by atoms with van der Waals surface area (Å²) in [7, 11) is 0. The molecular formula is C16H18F3N3O2. The Morgan fingerprint density at radius 3 is 2.67 bits per heavy atom. The maximum atomic E-state index is 12.1. The van der Waals surface area contributed by atoms with Gasteiger partial charge in [-0.1, -0.05) is 5.92 Å². The number of carbonyl (C=O) groups is 1. The molecule has 1 aliphatic rings.